The number of aryl methyl sites for hydroxylation is 1. The summed E-state index contributed by atoms with van der Waals surface area (Å²) in [5.41, 5.74) is 0.774. The fourth-order valence-corrected chi connectivity index (χ4v) is 4.72. The average Bonchev–Trinajstić information content (AvgIpc) is 3.32. The van der Waals surface area contributed by atoms with Gasteiger partial charge >= 0.3 is 6.18 Å². The zero-order valence-corrected chi connectivity index (χ0v) is 19.1. The highest BCUT2D eigenvalue weighted by Crippen LogP contribution is 2.40. The molecule has 1 amide bonds. The van der Waals surface area contributed by atoms with Gasteiger partial charge in [0.2, 0.25) is 0 Å². The Morgan fingerprint density at radius 3 is 2.65 bits per heavy atom. The molecule has 34 heavy (non-hydrogen) atoms. The summed E-state index contributed by atoms with van der Waals surface area (Å²) >= 11 is 0. The van der Waals surface area contributed by atoms with E-state index in [2.05, 4.69) is 20.2 Å². The molecular weight excluding hydrogens is 450 g/mol. The van der Waals surface area contributed by atoms with Crippen molar-refractivity contribution in [3.05, 3.63) is 64.5 Å². The van der Waals surface area contributed by atoms with E-state index >= 15 is 0 Å². The average molecular weight is 475 g/mol. The van der Waals surface area contributed by atoms with Crippen LogP contribution in [0.15, 0.2) is 30.5 Å². The highest BCUT2D eigenvalue weighted by Gasteiger charge is 2.40. The third-order valence-electron chi connectivity index (χ3n) is 6.27. The van der Waals surface area contributed by atoms with Gasteiger partial charge < -0.3 is 4.90 Å². The van der Waals surface area contributed by atoms with Crippen LogP contribution in [0.3, 0.4) is 0 Å². The maximum Gasteiger partial charge on any atom is 0.419 e. The van der Waals surface area contributed by atoms with Gasteiger partial charge in [-0.2, -0.15) is 18.3 Å². The number of halogens is 4. The highest BCUT2D eigenvalue weighted by molar-refractivity contribution is 5.95. The maximum absolute atomic E-state index is 14.9. The topological polar surface area (TPSA) is 74.8 Å². The van der Waals surface area contributed by atoms with Gasteiger partial charge in [-0.3, -0.25) is 9.89 Å². The normalized spacial score (nSPS) is 18.9. The number of H-pyrrole nitrogens is 1. The molecule has 4 rings (SSSR count). The standard InChI is InChI=1S/C24H25F4N5O/c1-4-15-20(18-10-11-29-32-18)30-14(3)31-21(15)22-13(2)7-6-12-33(22)23(34)16-8-5-9-17(19(16)25)24(26,27)28/h5,8-11,13,22H,4,6-7,12H2,1-3H3,(H,29,32)/t13-,22-/m1/s1. The number of nitrogens with one attached hydrogen (secondary N) is 1. The molecule has 3 aromatic rings. The number of carbonyl (C=O) groups excluding carboxylic acids is 1. The van der Waals surface area contributed by atoms with Crippen LogP contribution < -0.4 is 0 Å². The molecule has 2 atom stereocenters. The largest absolute Gasteiger partial charge is 0.419 e. The summed E-state index contributed by atoms with van der Waals surface area (Å²) in [5.74, 6) is -1.88. The van der Waals surface area contributed by atoms with Crippen molar-refractivity contribution in [2.45, 2.75) is 52.3 Å². The second-order valence-electron chi connectivity index (χ2n) is 8.53. The van der Waals surface area contributed by atoms with Crippen molar-refractivity contribution in [1.82, 2.24) is 25.1 Å². The summed E-state index contributed by atoms with van der Waals surface area (Å²) in [4.78, 5) is 24.2. The Morgan fingerprint density at radius 2 is 2.00 bits per heavy atom. The van der Waals surface area contributed by atoms with Crippen LogP contribution >= 0.6 is 0 Å². The Bertz CT molecular complexity index is 1190. The second-order valence-corrected chi connectivity index (χ2v) is 8.53. The summed E-state index contributed by atoms with van der Waals surface area (Å²) in [6.07, 6.45) is -1.27. The number of hydrogen-bond donors (Lipinski definition) is 1. The molecule has 0 spiro atoms. The number of likely N-dealkylation sites (tertiary alicyclic amines) is 1. The monoisotopic (exact) mass is 475 g/mol. The van der Waals surface area contributed by atoms with E-state index < -0.39 is 35.1 Å². The lowest BCUT2D eigenvalue weighted by Crippen LogP contribution is -2.43. The van der Waals surface area contributed by atoms with Gasteiger partial charge in [-0.05, 0) is 50.3 Å². The SMILES string of the molecule is CCc1c(-c2ccn[nH]2)nc(C)nc1[C@H]1[C@H](C)CCCN1C(=O)c1cccc(C(F)(F)F)c1F. The first kappa shape index (κ1) is 23.8. The predicted molar refractivity (Wildman–Crippen MR) is 117 cm³/mol. The van der Waals surface area contributed by atoms with Gasteiger partial charge in [0.15, 0.2) is 0 Å². The van der Waals surface area contributed by atoms with Crippen molar-refractivity contribution in [3.63, 3.8) is 0 Å². The molecule has 180 valence electrons. The first-order chi connectivity index (χ1) is 16.1. The molecule has 0 saturated carbocycles. The van der Waals surface area contributed by atoms with Crippen LogP contribution in [0.5, 0.6) is 0 Å². The van der Waals surface area contributed by atoms with Crippen LogP contribution in [-0.2, 0) is 12.6 Å². The molecular formula is C24H25F4N5O. The maximum atomic E-state index is 14.9. The van der Waals surface area contributed by atoms with E-state index in [1.54, 1.807) is 19.2 Å². The van der Waals surface area contributed by atoms with Crippen molar-refractivity contribution >= 4 is 5.91 Å². The van der Waals surface area contributed by atoms with Crippen LogP contribution in [0, 0.1) is 18.7 Å². The number of benzene rings is 1. The number of nitrogens with zero attached hydrogens (tertiary/aromatic N) is 4. The Morgan fingerprint density at radius 1 is 1.24 bits per heavy atom. The van der Waals surface area contributed by atoms with Crippen LogP contribution in [0.2, 0.25) is 0 Å². The molecule has 1 N–H and O–H groups in total. The second kappa shape index (κ2) is 9.15. The van der Waals surface area contributed by atoms with E-state index in [0.717, 1.165) is 24.1 Å². The third kappa shape index (κ3) is 4.28. The first-order valence-corrected chi connectivity index (χ1v) is 11.2. The van der Waals surface area contributed by atoms with Crippen LogP contribution in [0.25, 0.3) is 11.4 Å². The lowest BCUT2D eigenvalue weighted by atomic mass is 9.85. The number of alkyl halides is 3. The van der Waals surface area contributed by atoms with Gasteiger partial charge in [0.05, 0.1) is 34.3 Å². The number of aromatic nitrogens is 4. The molecule has 6 nitrogen and oxygen atoms in total. The van der Waals surface area contributed by atoms with Crippen molar-refractivity contribution in [2.24, 2.45) is 5.92 Å². The van der Waals surface area contributed by atoms with Gasteiger partial charge in [0.25, 0.3) is 5.91 Å². The number of piperidine rings is 1. The van der Waals surface area contributed by atoms with E-state index in [4.69, 9.17) is 0 Å². The lowest BCUT2D eigenvalue weighted by molar-refractivity contribution is -0.140. The highest BCUT2D eigenvalue weighted by atomic mass is 19.4. The Labute approximate surface area is 194 Å². The summed E-state index contributed by atoms with van der Waals surface area (Å²) in [6, 6.07) is 4.06. The molecule has 0 unspecified atom stereocenters. The number of hydrogen-bond acceptors (Lipinski definition) is 4. The van der Waals surface area contributed by atoms with Crippen molar-refractivity contribution in [3.8, 4) is 11.4 Å². The first-order valence-electron chi connectivity index (χ1n) is 11.2. The van der Waals surface area contributed by atoms with Crippen LogP contribution in [0.1, 0.15) is 65.7 Å². The third-order valence-corrected chi connectivity index (χ3v) is 6.27. The molecule has 0 aliphatic carbocycles. The molecule has 1 aromatic carbocycles. The fourth-order valence-electron chi connectivity index (χ4n) is 4.72. The van der Waals surface area contributed by atoms with E-state index in [9.17, 15) is 22.4 Å². The molecule has 0 bridgehead atoms. The van der Waals surface area contributed by atoms with Gasteiger partial charge in [-0.25, -0.2) is 14.4 Å². The molecule has 2 aromatic heterocycles. The number of rotatable bonds is 4. The molecule has 3 heterocycles. The van der Waals surface area contributed by atoms with E-state index in [1.807, 2.05) is 13.8 Å². The van der Waals surface area contributed by atoms with Gasteiger partial charge in [0, 0.05) is 18.3 Å². The molecule has 0 radical (unpaired) electrons. The minimum Gasteiger partial charge on any atom is -0.330 e. The fraction of sp³-hybridized carbons (Fsp3) is 0.417. The Balaban J connectivity index is 1.83. The molecule has 1 aliphatic rings. The minimum atomic E-state index is -4.90. The number of amides is 1. The van der Waals surface area contributed by atoms with Gasteiger partial charge in [0.1, 0.15) is 11.6 Å². The molecule has 1 fully saturated rings. The van der Waals surface area contributed by atoms with Crippen molar-refractivity contribution in [1.29, 1.82) is 0 Å². The van der Waals surface area contributed by atoms with E-state index in [0.29, 0.717) is 41.8 Å². The predicted octanol–water partition coefficient (Wildman–Crippen LogP) is 5.51. The number of aromatic amines is 1. The number of carbonyl (C=O) groups is 1. The lowest BCUT2D eigenvalue weighted by Gasteiger charge is -2.40. The Kier molecular flexibility index (Phi) is 6.42. The van der Waals surface area contributed by atoms with Crippen molar-refractivity contribution < 1.29 is 22.4 Å². The summed E-state index contributed by atoms with van der Waals surface area (Å²) in [5, 5.41) is 6.91. The quantitative estimate of drug-likeness (QED) is 0.505. The van der Waals surface area contributed by atoms with Crippen LogP contribution in [-0.4, -0.2) is 37.5 Å². The Hall–Kier alpha value is -3.30. The van der Waals surface area contributed by atoms with E-state index in [1.165, 1.54) is 4.90 Å². The summed E-state index contributed by atoms with van der Waals surface area (Å²) in [6.45, 7) is 5.95. The van der Waals surface area contributed by atoms with E-state index in [-0.39, 0.29) is 12.5 Å². The zero-order valence-electron chi connectivity index (χ0n) is 19.1. The van der Waals surface area contributed by atoms with Gasteiger partial charge in [-0.15, -0.1) is 0 Å². The van der Waals surface area contributed by atoms with Crippen LogP contribution in [0.4, 0.5) is 17.6 Å². The summed E-state index contributed by atoms with van der Waals surface area (Å²) < 4.78 is 54.7. The van der Waals surface area contributed by atoms with Crippen molar-refractivity contribution in [2.75, 3.05) is 6.54 Å². The smallest absolute Gasteiger partial charge is 0.330 e. The molecule has 1 saturated heterocycles. The molecule has 10 heteroatoms. The minimum absolute atomic E-state index is 0.0409. The summed E-state index contributed by atoms with van der Waals surface area (Å²) in [7, 11) is 0. The zero-order chi connectivity index (χ0) is 24.6. The van der Waals surface area contributed by atoms with Gasteiger partial charge in [-0.1, -0.05) is 19.9 Å². The molecule has 1 aliphatic heterocycles.